The molecule has 0 amide bonds. The Morgan fingerprint density at radius 2 is 1.94 bits per heavy atom. The van der Waals surface area contributed by atoms with Crippen LogP contribution in [0.4, 0.5) is 5.82 Å². The van der Waals surface area contributed by atoms with Gasteiger partial charge >= 0.3 is 0 Å². The average Bonchev–Trinajstić information content (AvgIpc) is 2.79. The van der Waals surface area contributed by atoms with E-state index in [1.54, 1.807) is 0 Å². The van der Waals surface area contributed by atoms with Crippen LogP contribution in [0.3, 0.4) is 0 Å². The highest BCUT2D eigenvalue weighted by atomic mass is 127. The third-order valence-corrected chi connectivity index (χ3v) is 6.42. The maximum atomic E-state index is 10.5. The number of phenols is 1. The molecular weight excluding hydrogens is 513 g/mol. The topological polar surface area (TPSA) is 72.8 Å². The fourth-order valence-electron chi connectivity index (χ4n) is 4.64. The lowest BCUT2D eigenvalue weighted by Crippen LogP contribution is -2.48. The molecule has 0 spiro atoms. The molecule has 0 radical (unpaired) electrons. The lowest BCUT2D eigenvalue weighted by molar-refractivity contribution is 0.458. The van der Waals surface area contributed by atoms with E-state index >= 15 is 0 Å². The molecule has 1 aromatic heterocycles. The van der Waals surface area contributed by atoms with Gasteiger partial charge in [-0.3, -0.25) is 0 Å². The van der Waals surface area contributed by atoms with Crippen molar-refractivity contribution in [2.24, 2.45) is 4.99 Å². The first-order valence-corrected chi connectivity index (χ1v) is 11.7. The Morgan fingerprint density at radius 1 is 1.16 bits per heavy atom. The number of rotatable bonds is 5. The van der Waals surface area contributed by atoms with Gasteiger partial charge in [0.15, 0.2) is 5.96 Å². The Labute approximate surface area is 208 Å². The zero-order valence-electron chi connectivity index (χ0n) is 19.2. The molecule has 7 heteroatoms. The standard InChI is InChI=1S/C25H35N5O.HI/c1-3-26-25(28-17-22-21-7-5-4-6-19(21)9-10-23(22)31)29-20-12-14-30(15-13-20)24-11-8-18(2)16-27-24;/h8-11,16,20,31H,3-7,12-15,17H2,1-2H3,(H2,26,28,29);1H. The van der Waals surface area contributed by atoms with E-state index in [0.29, 0.717) is 18.3 Å². The molecule has 32 heavy (non-hydrogen) atoms. The molecule has 0 unspecified atom stereocenters. The Kier molecular flexibility index (Phi) is 9.02. The maximum absolute atomic E-state index is 10.5. The fourth-order valence-corrected chi connectivity index (χ4v) is 4.64. The monoisotopic (exact) mass is 549 g/mol. The van der Waals surface area contributed by atoms with Gasteiger partial charge in [0.05, 0.1) is 6.54 Å². The zero-order chi connectivity index (χ0) is 21.6. The van der Waals surface area contributed by atoms with Gasteiger partial charge in [0, 0.05) is 37.4 Å². The first-order valence-electron chi connectivity index (χ1n) is 11.7. The van der Waals surface area contributed by atoms with E-state index in [1.165, 1.54) is 29.5 Å². The van der Waals surface area contributed by atoms with Gasteiger partial charge in [-0.2, -0.15) is 0 Å². The molecule has 2 heterocycles. The van der Waals surface area contributed by atoms with Crippen molar-refractivity contribution in [2.45, 2.75) is 65.0 Å². The van der Waals surface area contributed by atoms with Crippen LogP contribution in [0.1, 0.15) is 54.9 Å². The van der Waals surface area contributed by atoms with Crippen LogP contribution in [0.5, 0.6) is 5.75 Å². The highest BCUT2D eigenvalue weighted by Gasteiger charge is 2.21. The fraction of sp³-hybridized carbons (Fsp3) is 0.520. The van der Waals surface area contributed by atoms with Crippen LogP contribution in [-0.4, -0.2) is 41.7 Å². The lowest BCUT2D eigenvalue weighted by Gasteiger charge is -2.34. The number of anilines is 1. The molecule has 2 aliphatic rings. The molecule has 0 atom stereocenters. The molecule has 1 aliphatic carbocycles. The number of aliphatic imine (C=N–C) groups is 1. The number of aromatic nitrogens is 1. The van der Waals surface area contributed by atoms with Gasteiger partial charge in [0.2, 0.25) is 0 Å². The van der Waals surface area contributed by atoms with Gasteiger partial charge in [-0.05, 0) is 81.2 Å². The van der Waals surface area contributed by atoms with Gasteiger partial charge in [0.1, 0.15) is 11.6 Å². The summed E-state index contributed by atoms with van der Waals surface area (Å²) >= 11 is 0. The minimum absolute atomic E-state index is 0. The number of halogens is 1. The van der Waals surface area contributed by atoms with Gasteiger partial charge in [-0.15, -0.1) is 24.0 Å². The number of aromatic hydroxyl groups is 1. The molecule has 2 aromatic rings. The number of aryl methyl sites for hydroxylation is 2. The second-order valence-corrected chi connectivity index (χ2v) is 8.70. The van der Waals surface area contributed by atoms with Crippen molar-refractivity contribution < 1.29 is 5.11 Å². The SMILES string of the molecule is CCNC(=NCc1c(O)ccc2c1CCCC2)NC1CCN(c2ccc(C)cn2)CC1.I. The number of piperidine rings is 1. The molecule has 0 bridgehead atoms. The third-order valence-electron chi connectivity index (χ3n) is 6.42. The summed E-state index contributed by atoms with van der Waals surface area (Å²) in [6.07, 6.45) is 8.62. The summed E-state index contributed by atoms with van der Waals surface area (Å²) in [6.45, 7) is 7.46. The minimum Gasteiger partial charge on any atom is -0.508 e. The highest BCUT2D eigenvalue weighted by molar-refractivity contribution is 14.0. The summed E-state index contributed by atoms with van der Waals surface area (Å²) in [5, 5.41) is 17.5. The number of phenolic OH excluding ortho intramolecular Hbond substituents is 1. The largest absolute Gasteiger partial charge is 0.508 e. The van der Waals surface area contributed by atoms with Crippen molar-refractivity contribution in [3.05, 3.63) is 52.7 Å². The lowest BCUT2D eigenvalue weighted by atomic mass is 9.88. The number of hydrogen-bond acceptors (Lipinski definition) is 4. The number of hydrogen-bond donors (Lipinski definition) is 3. The van der Waals surface area contributed by atoms with Crippen LogP contribution < -0.4 is 15.5 Å². The molecule has 1 aromatic carbocycles. The van der Waals surface area contributed by atoms with Crippen LogP contribution in [0.2, 0.25) is 0 Å². The van der Waals surface area contributed by atoms with Crippen molar-refractivity contribution in [3.8, 4) is 5.75 Å². The molecular formula is C25H36IN5O. The van der Waals surface area contributed by atoms with Crippen molar-refractivity contribution in [3.63, 3.8) is 0 Å². The summed E-state index contributed by atoms with van der Waals surface area (Å²) in [5.41, 5.74) is 4.88. The number of benzene rings is 1. The van der Waals surface area contributed by atoms with Crippen LogP contribution >= 0.6 is 24.0 Å². The Bertz CT molecular complexity index is 907. The molecule has 4 rings (SSSR count). The van der Waals surface area contributed by atoms with Crippen LogP contribution in [-0.2, 0) is 19.4 Å². The quantitative estimate of drug-likeness (QED) is 0.295. The smallest absolute Gasteiger partial charge is 0.191 e. The van der Waals surface area contributed by atoms with E-state index in [9.17, 15) is 5.11 Å². The van der Waals surface area contributed by atoms with Crippen LogP contribution in [0.15, 0.2) is 35.5 Å². The number of nitrogens with one attached hydrogen (secondary N) is 2. The van der Waals surface area contributed by atoms with E-state index in [2.05, 4.69) is 52.6 Å². The van der Waals surface area contributed by atoms with E-state index in [0.717, 1.165) is 62.7 Å². The summed E-state index contributed by atoms with van der Waals surface area (Å²) < 4.78 is 0. The predicted molar refractivity (Wildman–Crippen MR) is 142 cm³/mol. The van der Waals surface area contributed by atoms with Gasteiger partial charge in [0.25, 0.3) is 0 Å². The number of guanidine groups is 1. The third kappa shape index (κ3) is 6.05. The molecule has 1 fully saturated rings. The van der Waals surface area contributed by atoms with Crippen molar-refractivity contribution in [1.82, 2.24) is 15.6 Å². The van der Waals surface area contributed by atoms with Crippen molar-refractivity contribution >= 4 is 35.8 Å². The second-order valence-electron chi connectivity index (χ2n) is 8.70. The number of fused-ring (bicyclic) bond motifs is 1. The molecule has 174 valence electrons. The van der Waals surface area contributed by atoms with Gasteiger partial charge in [-0.1, -0.05) is 12.1 Å². The second kappa shape index (κ2) is 11.7. The normalized spacial score (nSPS) is 16.8. The maximum Gasteiger partial charge on any atom is 0.191 e. The van der Waals surface area contributed by atoms with Gasteiger partial charge < -0.3 is 20.6 Å². The van der Waals surface area contributed by atoms with E-state index in [-0.39, 0.29) is 24.0 Å². The summed E-state index contributed by atoms with van der Waals surface area (Å²) in [5.74, 6) is 2.27. The van der Waals surface area contributed by atoms with Crippen molar-refractivity contribution in [2.75, 3.05) is 24.5 Å². The first-order chi connectivity index (χ1) is 15.1. The Balaban J connectivity index is 0.00000289. The molecule has 6 nitrogen and oxygen atoms in total. The summed E-state index contributed by atoms with van der Waals surface area (Å²) in [7, 11) is 0. The average molecular weight is 550 g/mol. The van der Waals surface area contributed by atoms with E-state index in [4.69, 9.17) is 4.99 Å². The molecule has 0 saturated carbocycles. The zero-order valence-corrected chi connectivity index (χ0v) is 21.6. The Morgan fingerprint density at radius 3 is 2.66 bits per heavy atom. The predicted octanol–water partition coefficient (Wildman–Crippen LogP) is 4.32. The molecule has 1 saturated heterocycles. The van der Waals surface area contributed by atoms with Crippen molar-refractivity contribution in [1.29, 1.82) is 0 Å². The van der Waals surface area contributed by atoms with Crippen LogP contribution in [0, 0.1) is 6.92 Å². The summed E-state index contributed by atoms with van der Waals surface area (Å²) in [6, 6.07) is 8.54. The Hall–Kier alpha value is -2.03. The van der Waals surface area contributed by atoms with Crippen LogP contribution in [0.25, 0.3) is 0 Å². The highest BCUT2D eigenvalue weighted by Crippen LogP contribution is 2.31. The first kappa shape index (κ1) is 24.6. The summed E-state index contributed by atoms with van der Waals surface area (Å²) in [4.78, 5) is 11.8. The van der Waals surface area contributed by atoms with E-state index < -0.39 is 0 Å². The molecule has 3 N–H and O–H groups in total. The van der Waals surface area contributed by atoms with E-state index in [1.807, 2.05) is 12.3 Å². The number of pyridine rings is 1. The van der Waals surface area contributed by atoms with Gasteiger partial charge in [-0.25, -0.2) is 9.98 Å². The number of nitrogens with zero attached hydrogens (tertiary/aromatic N) is 3. The minimum atomic E-state index is 0. The molecule has 1 aliphatic heterocycles.